The van der Waals surface area contributed by atoms with E-state index < -0.39 is 0 Å². The minimum absolute atomic E-state index is 1.12. The van der Waals surface area contributed by atoms with Crippen LogP contribution in [0.1, 0.15) is 11.1 Å². The highest BCUT2D eigenvalue weighted by atomic mass is 79.9. The number of rotatable bonds is 2. The maximum absolute atomic E-state index is 3.41. The molecule has 0 spiro atoms. The van der Waals surface area contributed by atoms with Gasteiger partial charge in [0, 0.05) is 4.47 Å². The van der Waals surface area contributed by atoms with Gasteiger partial charge in [-0.3, -0.25) is 0 Å². The predicted octanol–water partition coefficient (Wildman–Crippen LogP) is 4.68. The van der Waals surface area contributed by atoms with Crippen LogP contribution < -0.4 is 0 Å². The second kappa shape index (κ2) is 4.58. The highest BCUT2D eigenvalue weighted by Gasteiger charge is 1.88. The number of hydrogen-bond donors (Lipinski definition) is 0. The Labute approximate surface area is 96.0 Å². The standard InChI is InChI=1S/C12H9BrS/c13-12-5-3-10(4-6-12)1-2-11-7-8-14-9-11/h1-9H/b2-1+. The Bertz CT molecular complexity index is 412. The Hall–Kier alpha value is -0.860. The molecule has 1 heterocycles. The van der Waals surface area contributed by atoms with Gasteiger partial charge in [0.15, 0.2) is 0 Å². The van der Waals surface area contributed by atoms with Crippen molar-refractivity contribution in [3.05, 3.63) is 56.7 Å². The van der Waals surface area contributed by atoms with E-state index in [1.54, 1.807) is 11.3 Å². The molecule has 1 aromatic heterocycles. The van der Waals surface area contributed by atoms with E-state index in [1.807, 2.05) is 12.1 Å². The van der Waals surface area contributed by atoms with Crippen molar-refractivity contribution in [1.82, 2.24) is 0 Å². The molecule has 70 valence electrons. The first-order chi connectivity index (χ1) is 6.84. The molecule has 0 saturated heterocycles. The summed E-state index contributed by atoms with van der Waals surface area (Å²) in [6.45, 7) is 0. The summed E-state index contributed by atoms with van der Waals surface area (Å²) in [7, 11) is 0. The van der Waals surface area contributed by atoms with Crippen LogP contribution in [0.5, 0.6) is 0 Å². The van der Waals surface area contributed by atoms with Crippen LogP contribution in [0, 0.1) is 0 Å². The zero-order valence-corrected chi connectivity index (χ0v) is 9.88. The average Bonchev–Trinajstić information content (AvgIpc) is 2.70. The van der Waals surface area contributed by atoms with E-state index in [0.29, 0.717) is 0 Å². The topological polar surface area (TPSA) is 0 Å². The van der Waals surface area contributed by atoms with Crippen LogP contribution in [0.4, 0.5) is 0 Å². The first kappa shape index (κ1) is 9.69. The molecule has 0 aliphatic heterocycles. The molecule has 0 aliphatic carbocycles. The summed E-state index contributed by atoms with van der Waals surface area (Å²) in [4.78, 5) is 0. The van der Waals surface area contributed by atoms with Crippen LogP contribution in [0.25, 0.3) is 12.2 Å². The zero-order valence-electron chi connectivity index (χ0n) is 7.48. The Kier molecular flexibility index (Phi) is 3.17. The van der Waals surface area contributed by atoms with Crippen LogP contribution in [-0.2, 0) is 0 Å². The molecule has 0 saturated carbocycles. The molecular formula is C12H9BrS. The van der Waals surface area contributed by atoms with Crippen molar-refractivity contribution in [1.29, 1.82) is 0 Å². The largest absolute Gasteiger partial charge is 0.152 e. The lowest BCUT2D eigenvalue weighted by molar-refractivity contribution is 1.62. The first-order valence-electron chi connectivity index (χ1n) is 4.30. The second-order valence-corrected chi connectivity index (χ2v) is 4.64. The number of thiophene rings is 1. The quantitative estimate of drug-likeness (QED) is 0.739. The smallest absolute Gasteiger partial charge is 0.0175 e. The molecule has 0 fully saturated rings. The van der Waals surface area contributed by atoms with Gasteiger partial charge in [-0.2, -0.15) is 11.3 Å². The lowest BCUT2D eigenvalue weighted by Crippen LogP contribution is -1.70. The normalized spacial score (nSPS) is 10.9. The summed E-state index contributed by atoms with van der Waals surface area (Å²) >= 11 is 5.13. The second-order valence-electron chi connectivity index (χ2n) is 2.94. The minimum Gasteiger partial charge on any atom is -0.152 e. The third-order valence-electron chi connectivity index (χ3n) is 1.88. The monoisotopic (exact) mass is 264 g/mol. The average molecular weight is 265 g/mol. The van der Waals surface area contributed by atoms with E-state index in [1.165, 1.54) is 11.1 Å². The molecule has 0 unspecified atom stereocenters. The summed E-state index contributed by atoms with van der Waals surface area (Å²) in [5.41, 5.74) is 2.48. The molecule has 2 heteroatoms. The summed E-state index contributed by atoms with van der Waals surface area (Å²) < 4.78 is 1.12. The molecule has 0 bridgehead atoms. The van der Waals surface area contributed by atoms with Crippen LogP contribution in [0.3, 0.4) is 0 Å². The van der Waals surface area contributed by atoms with Gasteiger partial charge in [-0.05, 0) is 40.1 Å². The molecule has 0 radical (unpaired) electrons. The van der Waals surface area contributed by atoms with Crippen LogP contribution in [0.2, 0.25) is 0 Å². The lowest BCUT2D eigenvalue weighted by Gasteiger charge is -1.92. The number of hydrogen-bond acceptors (Lipinski definition) is 1. The van der Waals surface area contributed by atoms with Gasteiger partial charge in [0.2, 0.25) is 0 Å². The number of halogens is 1. The molecule has 0 amide bonds. The van der Waals surface area contributed by atoms with Gasteiger partial charge in [-0.25, -0.2) is 0 Å². The molecule has 14 heavy (non-hydrogen) atoms. The Morgan fingerprint density at radius 1 is 0.929 bits per heavy atom. The van der Waals surface area contributed by atoms with E-state index in [4.69, 9.17) is 0 Å². The lowest BCUT2D eigenvalue weighted by atomic mass is 10.2. The molecule has 2 aromatic rings. The van der Waals surface area contributed by atoms with Gasteiger partial charge < -0.3 is 0 Å². The van der Waals surface area contributed by atoms with E-state index in [0.717, 1.165) is 4.47 Å². The minimum atomic E-state index is 1.12. The van der Waals surface area contributed by atoms with Gasteiger partial charge in [0.25, 0.3) is 0 Å². The van der Waals surface area contributed by atoms with Crippen molar-refractivity contribution in [3.63, 3.8) is 0 Å². The van der Waals surface area contributed by atoms with Crippen molar-refractivity contribution in [3.8, 4) is 0 Å². The van der Waals surface area contributed by atoms with Gasteiger partial charge >= 0.3 is 0 Å². The van der Waals surface area contributed by atoms with E-state index in [-0.39, 0.29) is 0 Å². The predicted molar refractivity (Wildman–Crippen MR) is 67.4 cm³/mol. The molecule has 1 aromatic carbocycles. The summed E-state index contributed by atoms with van der Waals surface area (Å²) in [6.07, 6.45) is 4.24. The van der Waals surface area contributed by atoms with Crippen LogP contribution in [0.15, 0.2) is 45.6 Å². The SMILES string of the molecule is Brc1ccc(/C=C/c2ccsc2)cc1. The van der Waals surface area contributed by atoms with Gasteiger partial charge in [0.05, 0.1) is 0 Å². The molecule has 0 aliphatic rings. The highest BCUT2D eigenvalue weighted by molar-refractivity contribution is 9.10. The van der Waals surface area contributed by atoms with Gasteiger partial charge in [-0.1, -0.05) is 40.2 Å². The van der Waals surface area contributed by atoms with Crippen LogP contribution in [-0.4, -0.2) is 0 Å². The highest BCUT2D eigenvalue weighted by Crippen LogP contribution is 2.14. The molecular weight excluding hydrogens is 256 g/mol. The summed E-state index contributed by atoms with van der Waals surface area (Å²) in [5, 5.41) is 4.22. The summed E-state index contributed by atoms with van der Waals surface area (Å²) in [5.74, 6) is 0. The maximum atomic E-state index is 3.41. The van der Waals surface area contributed by atoms with Gasteiger partial charge in [-0.15, -0.1) is 0 Å². The van der Waals surface area contributed by atoms with Crippen molar-refractivity contribution in [2.45, 2.75) is 0 Å². The van der Waals surface area contributed by atoms with E-state index in [2.05, 4.69) is 57.0 Å². The third-order valence-corrected chi connectivity index (χ3v) is 3.11. The van der Waals surface area contributed by atoms with Crippen molar-refractivity contribution >= 4 is 39.4 Å². The van der Waals surface area contributed by atoms with Crippen molar-refractivity contribution in [2.75, 3.05) is 0 Å². The fourth-order valence-corrected chi connectivity index (χ4v) is 2.03. The first-order valence-corrected chi connectivity index (χ1v) is 6.04. The fraction of sp³-hybridized carbons (Fsp3) is 0. The van der Waals surface area contributed by atoms with E-state index in [9.17, 15) is 0 Å². The Morgan fingerprint density at radius 2 is 1.64 bits per heavy atom. The van der Waals surface area contributed by atoms with Gasteiger partial charge in [0.1, 0.15) is 0 Å². The van der Waals surface area contributed by atoms with E-state index >= 15 is 0 Å². The molecule has 0 atom stereocenters. The summed E-state index contributed by atoms with van der Waals surface area (Å²) in [6, 6.07) is 10.4. The zero-order chi connectivity index (χ0) is 9.80. The fourth-order valence-electron chi connectivity index (χ4n) is 1.14. The molecule has 0 N–H and O–H groups in total. The molecule has 0 nitrogen and oxygen atoms in total. The van der Waals surface area contributed by atoms with Crippen molar-refractivity contribution < 1.29 is 0 Å². The Balaban J connectivity index is 2.15. The molecule has 2 rings (SSSR count). The van der Waals surface area contributed by atoms with Crippen molar-refractivity contribution in [2.24, 2.45) is 0 Å². The maximum Gasteiger partial charge on any atom is 0.0175 e. The van der Waals surface area contributed by atoms with Crippen LogP contribution >= 0.6 is 27.3 Å². The third kappa shape index (κ3) is 2.56. The number of benzene rings is 1. The Morgan fingerprint density at radius 3 is 2.29 bits per heavy atom.